The Morgan fingerprint density at radius 3 is 2.20 bits per heavy atom. The molecule has 0 rings (SSSR count). The smallest absolute Gasteiger partial charge is 0.198 e. The molecule has 0 aliphatic heterocycles. The normalized spacial score (nSPS) is 9.70. The van der Waals surface area contributed by atoms with Gasteiger partial charge in [-0.2, -0.15) is 0 Å². The van der Waals surface area contributed by atoms with Gasteiger partial charge in [-0.15, -0.1) is 0 Å². The number of alkyl halides is 1. The molecule has 0 spiro atoms. The number of carbonyl (C=O) groups excluding carboxylic acids is 1. The standard InChI is InChI=1S/C8H14BrO/c9-7-5-3-1-2-4-6-8-10/h1-7H2. The SMILES string of the molecule is O=[C]CCCCCCCBr. The Bertz CT molecular complexity index is 73.7. The van der Waals surface area contributed by atoms with Crippen molar-refractivity contribution in [3.63, 3.8) is 0 Å². The summed E-state index contributed by atoms with van der Waals surface area (Å²) in [6.07, 6.45) is 8.51. The summed E-state index contributed by atoms with van der Waals surface area (Å²) in [5.74, 6) is 0. The number of hydrogen-bond donors (Lipinski definition) is 0. The molecule has 1 radical (unpaired) electrons. The van der Waals surface area contributed by atoms with Crippen LogP contribution in [0.2, 0.25) is 0 Å². The summed E-state index contributed by atoms with van der Waals surface area (Å²) in [7, 11) is 0. The number of hydrogen-bond acceptors (Lipinski definition) is 1. The van der Waals surface area contributed by atoms with E-state index in [-0.39, 0.29) is 0 Å². The predicted molar refractivity (Wildman–Crippen MR) is 47.2 cm³/mol. The van der Waals surface area contributed by atoms with Gasteiger partial charge in [0.25, 0.3) is 0 Å². The highest BCUT2D eigenvalue weighted by molar-refractivity contribution is 9.09. The molecule has 0 aromatic rings. The lowest BCUT2D eigenvalue weighted by Gasteiger charge is -1.95. The minimum Gasteiger partial charge on any atom is -0.291 e. The third-order valence-electron chi connectivity index (χ3n) is 1.41. The Labute approximate surface area is 71.3 Å². The van der Waals surface area contributed by atoms with Crippen molar-refractivity contribution < 1.29 is 4.79 Å². The van der Waals surface area contributed by atoms with Crippen molar-refractivity contribution in [1.82, 2.24) is 0 Å². The van der Waals surface area contributed by atoms with Gasteiger partial charge in [-0.05, 0) is 12.8 Å². The van der Waals surface area contributed by atoms with Crippen LogP contribution >= 0.6 is 15.9 Å². The van der Waals surface area contributed by atoms with Crippen LogP contribution in [0.4, 0.5) is 0 Å². The second kappa shape index (κ2) is 9.15. The van der Waals surface area contributed by atoms with Crippen molar-refractivity contribution >= 4 is 22.2 Å². The monoisotopic (exact) mass is 205 g/mol. The largest absolute Gasteiger partial charge is 0.291 e. The van der Waals surface area contributed by atoms with Gasteiger partial charge in [0.1, 0.15) is 0 Å². The molecule has 0 aliphatic carbocycles. The van der Waals surface area contributed by atoms with Gasteiger partial charge in [0.05, 0.1) is 0 Å². The molecule has 0 heterocycles. The van der Waals surface area contributed by atoms with Crippen LogP contribution in [0.1, 0.15) is 38.5 Å². The van der Waals surface area contributed by atoms with E-state index in [1.807, 2.05) is 6.29 Å². The third kappa shape index (κ3) is 8.15. The van der Waals surface area contributed by atoms with E-state index in [4.69, 9.17) is 0 Å². The maximum atomic E-state index is 9.76. The Balaban J connectivity index is 2.70. The molecule has 0 atom stereocenters. The first-order chi connectivity index (χ1) is 4.91. The van der Waals surface area contributed by atoms with Crippen LogP contribution in [0.25, 0.3) is 0 Å². The Morgan fingerprint density at radius 2 is 1.60 bits per heavy atom. The first-order valence-corrected chi connectivity index (χ1v) is 4.95. The van der Waals surface area contributed by atoms with Crippen molar-refractivity contribution in [2.24, 2.45) is 0 Å². The summed E-state index contributed by atoms with van der Waals surface area (Å²) in [4.78, 5) is 9.76. The van der Waals surface area contributed by atoms with Gasteiger partial charge >= 0.3 is 0 Å². The van der Waals surface area contributed by atoms with Crippen molar-refractivity contribution in [2.45, 2.75) is 38.5 Å². The second-order valence-corrected chi connectivity index (χ2v) is 3.14. The van der Waals surface area contributed by atoms with Crippen LogP contribution in [0.15, 0.2) is 0 Å². The zero-order valence-electron chi connectivity index (χ0n) is 6.24. The summed E-state index contributed by atoms with van der Waals surface area (Å²) in [5.41, 5.74) is 0. The molecule has 59 valence electrons. The molecule has 0 fully saturated rings. The van der Waals surface area contributed by atoms with E-state index in [0.29, 0.717) is 6.42 Å². The van der Waals surface area contributed by atoms with Gasteiger partial charge in [0.15, 0.2) is 6.29 Å². The minimum atomic E-state index is 0.619. The number of rotatable bonds is 7. The molecule has 10 heavy (non-hydrogen) atoms. The zero-order chi connectivity index (χ0) is 7.66. The maximum Gasteiger partial charge on any atom is 0.198 e. The number of unbranched alkanes of at least 4 members (excludes halogenated alkanes) is 5. The highest BCUT2D eigenvalue weighted by atomic mass is 79.9. The van der Waals surface area contributed by atoms with E-state index in [0.717, 1.165) is 11.8 Å². The summed E-state index contributed by atoms with van der Waals surface area (Å²) in [6, 6.07) is 0. The topological polar surface area (TPSA) is 17.1 Å². The molecule has 0 aromatic carbocycles. The summed E-state index contributed by atoms with van der Waals surface area (Å²) in [5, 5.41) is 1.10. The molecule has 1 nitrogen and oxygen atoms in total. The van der Waals surface area contributed by atoms with Crippen molar-refractivity contribution in [2.75, 3.05) is 5.33 Å². The van der Waals surface area contributed by atoms with Gasteiger partial charge in [0.2, 0.25) is 0 Å². The second-order valence-electron chi connectivity index (χ2n) is 2.35. The molecule has 0 aliphatic rings. The fourth-order valence-electron chi connectivity index (χ4n) is 0.822. The molecular formula is C8H14BrO. The molecule has 0 N–H and O–H groups in total. The summed E-state index contributed by atoms with van der Waals surface area (Å²) in [6.45, 7) is 0. The highest BCUT2D eigenvalue weighted by Crippen LogP contribution is 2.05. The average Bonchev–Trinajstić information content (AvgIpc) is 1.97. The zero-order valence-corrected chi connectivity index (χ0v) is 7.82. The molecular weight excluding hydrogens is 192 g/mol. The van der Waals surface area contributed by atoms with Crippen molar-refractivity contribution in [3.8, 4) is 0 Å². The van der Waals surface area contributed by atoms with Gasteiger partial charge in [-0.1, -0.05) is 35.2 Å². The molecule has 0 aromatic heterocycles. The quantitative estimate of drug-likeness (QED) is 0.462. The lowest BCUT2D eigenvalue weighted by atomic mass is 10.1. The summed E-state index contributed by atoms with van der Waals surface area (Å²) < 4.78 is 0. The lowest BCUT2D eigenvalue weighted by Crippen LogP contribution is -1.80. The molecule has 2 heteroatoms. The first kappa shape index (κ1) is 10.2. The van der Waals surface area contributed by atoms with Crippen LogP contribution in [-0.2, 0) is 4.79 Å². The Kier molecular flexibility index (Phi) is 9.29. The Hall–Kier alpha value is 0.150. The summed E-state index contributed by atoms with van der Waals surface area (Å²) >= 11 is 3.37. The van der Waals surface area contributed by atoms with E-state index in [9.17, 15) is 4.79 Å². The van der Waals surface area contributed by atoms with Gasteiger partial charge in [-0.3, -0.25) is 4.79 Å². The van der Waals surface area contributed by atoms with Crippen LogP contribution in [0, 0.1) is 0 Å². The number of halogens is 1. The van der Waals surface area contributed by atoms with Crippen LogP contribution in [-0.4, -0.2) is 11.6 Å². The van der Waals surface area contributed by atoms with Gasteiger partial charge in [-0.25, -0.2) is 0 Å². The molecule has 0 amide bonds. The molecule has 0 bridgehead atoms. The predicted octanol–water partition coefficient (Wildman–Crippen LogP) is 2.83. The van der Waals surface area contributed by atoms with E-state index >= 15 is 0 Å². The minimum absolute atomic E-state index is 0.619. The average molecular weight is 206 g/mol. The van der Waals surface area contributed by atoms with Gasteiger partial charge in [0, 0.05) is 11.8 Å². The maximum absolute atomic E-state index is 9.76. The first-order valence-electron chi connectivity index (χ1n) is 3.82. The third-order valence-corrected chi connectivity index (χ3v) is 1.97. The van der Waals surface area contributed by atoms with Crippen molar-refractivity contribution in [1.29, 1.82) is 0 Å². The lowest BCUT2D eigenvalue weighted by molar-refractivity contribution is 0.543. The van der Waals surface area contributed by atoms with Crippen molar-refractivity contribution in [3.05, 3.63) is 0 Å². The van der Waals surface area contributed by atoms with E-state index in [1.165, 1.54) is 25.7 Å². The molecule has 0 unspecified atom stereocenters. The molecule has 0 saturated heterocycles. The van der Waals surface area contributed by atoms with E-state index in [1.54, 1.807) is 0 Å². The fourth-order valence-corrected chi connectivity index (χ4v) is 1.22. The van der Waals surface area contributed by atoms with Gasteiger partial charge < -0.3 is 0 Å². The highest BCUT2D eigenvalue weighted by Gasteiger charge is 1.88. The van der Waals surface area contributed by atoms with E-state index in [2.05, 4.69) is 15.9 Å². The van der Waals surface area contributed by atoms with Crippen LogP contribution in [0.3, 0.4) is 0 Å². The van der Waals surface area contributed by atoms with Crippen LogP contribution < -0.4 is 0 Å². The Morgan fingerprint density at radius 1 is 1.00 bits per heavy atom. The fraction of sp³-hybridized carbons (Fsp3) is 0.875. The molecule has 0 saturated carbocycles. The van der Waals surface area contributed by atoms with E-state index < -0.39 is 0 Å². The van der Waals surface area contributed by atoms with Crippen LogP contribution in [0.5, 0.6) is 0 Å².